The van der Waals surface area contributed by atoms with Gasteiger partial charge >= 0.3 is 0 Å². The van der Waals surface area contributed by atoms with Crippen LogP contribution in [0.4, 0.5) is 0 Å². The van der Waals surface area contributed by atoms with Gasteiger partial charge in [-0.05, 0) is 6.42 Å². The Labute approximate surface area is 171 Å². The molecule has 1 aromatic rings. The molecule has 0 radical (unpaired) electrons. The summed E-state index contributed by atoms with van der Waals surface area (Å²) in [7, 11) is 0. The van der Waals surface area contributed by atoms with Crippen molar-refractivity contribution in [3.63, 3.8) is 0 Å². The summed E-state index contributed by atoms with van der Waals surface area (Å²) < 4.78 is 10.6. The molecule has 1 heterocycles. The van der Waals surface area contributed by atoms with Gasteiger partial charge < -0.3 is 14.3 Å². The second kappa shape index (κ2) is 17.8. The molecule has 0 atom stereocenters. The van der Waals surface area contributed by atoms with Gasteiger partial charge in [-0.3, -0.25) is 4.79 Å². The second-order valence-corrected chi connectivity index (χ2v) is 7.88. The smallest absolute Gasteiger partial charge is 0.227 e. The maximum atomic E-state index is 11.7. The minimum Gasteiger partial charge on any atom is -0.487 e. The lowest BCUT2D eigenvalue weighted by Gasteiger charge is -2.06. The fraction of sp³-hybridized carbons (Fsp3) is 0.792. The number of unbranched alkanes of at least 4 members (excludes halogenated alkanes) is 15. The van der Waals surface area contributed by atoms with E-state index in [0.29, 0.717) is 6.61 Å². The van der Waals surface area contributed by atoms with E-state index in [4.69, 9.17) is 14.3 Å². The Morgan fingerprint density at radius 1 is 0.786 bits per heavy atom. The molecule has 1 rings (SSSR count). The third-order valence-corrected chi connectivity index (χ3v) is 5.26. The van der Waals surface area contributed by atoms with Crippen molar-refractivity contribution in [2.75, 3.05) is 6.61 Å². The van der Waals surface area contributed by atoms with Crippen LogP contribution >= 0.6 is 0 Å². The van der Waals surface area contributed by atoms with Gasteiger partial charge in [0.05, 0.1) is 6.61 Å². The van der Waals surface area contributed by atoms with Crippen LogP contribution in [-0.2, 0) is 6.61 Å². The van der Waals surface area contributed by atoms with Crippen LogP contribution in [-0.4, -0.2) is 11.7 Å². The normalized spacial score (nSPS) is 11.1. The van der Waals surface area contributed by atoms with Gasteiger partial charge in [0.1, 0.15) is 18.6 Å². The van der Waals surface area contributed by atoms with Crippen LogP contribution in [0.25, 0.3) is 0 Å². The van der Waals surface area contributed by atoms with Gasteiger partial charge in [0.25, 0.3) is 0 Å². The van der Waals surface area contributed by atoms with Gasteiger partial charge in [0.15, 0.2) is 0 Å². The highest BCUT2D eigenvalue weighted by Gasteiger charge is 2.03. The zero-order chi connectivity index (χ0) is 20.3. The highest BCUT2D eigenvalue weighted by atomic mass is 16.5. The predicted molar refractivity (Wildman–Crippen MR) is 116 cm³/mol. The van der Waals surface area contributed by atoms with Gasteiger partial charge in [0, 0.05) is 6.07 Å². The maximum absolute atomic E-state index is 11.7. The van der Waals surface area contributed by atoms with Crippen LogP contribution in [0.2, 0.25) is 0 Å². The number of hydrogen-bond acceptors (Lipinski definition) is 4. The number of hydrogen-bond donors (Lipinski definition) is 1. The van der Waals surface area contributed by atoms with Crippen molar-refractivity contribution >= 4 is 0 Å². The molecule has 0 unspecified atom stereocenters. The standard InChI is InChI=1S/C24H42O4/c1-2-3-4-5-6-7-8-9-10-11-12-13-14-15-16-17-18-27-24-21-28-22(20-25)19-23(24)26/h19,21,25H,2-18,20H2,1H3. The summed E-state index contributed by atoms with van der Waals surface area (Å²) in [6.07, 6.45) is 22.7. The molecule has 0 aromatic carbocycles. The summed E-state index contributed by atoms with van der Waals surface area (Å²) in [5, 5.41) is 8.91. The van der Waals surface area contributed by atoms with E-state index in [9.17, 15) is 4.79 Å². The lowest BCUT2D eigenvalue weighted by molar-refractivity contribution is 0.236. The van der Waals surface area contributed by atoms with Crippen LogP contribution in [0.1, 0.15) is 115 Å². The van der Waals surface area contributed by atoms with E-state index in [0.717, 1.165) is 12.8 Å². The first-order valence-electron chi connectivity index (χ1n) is 11.6. The van der Waals surface area contributed by atoms with Crippen molar-refractivity contribution in [2.45, 2.75) is 116 Å². The Bertz CT molecular complexity index is 524. The minimum atomic E-state index is -0.269. The summed E-state index contributed by atoms with van der Waals surface area (Å²) in [6.45, 7) is 2.55. The van der Waals surface area contributed by atoms with Crippen LogP contribution in [0.15, 0.2) is 21.5 Å². The summed E-state index contributed by atoms with van der Waals surface area (Å²) in [4.78, 5) is 11.7. The number of aliphatic hydroxyl groups is 1. The fourth-order valence-corrected chi connectivity index (χ4v) is 3.46. The van der Waals surface area contributed by atoms with Gasteiger partial charge in [-0.25, -0.2) is 0 Å². The average Bonchev–Trinajstić information content (AvgIpc) is 2.71. The molecule has 0 aliphatic carbocycles. The molecule has 0 bridgehead atoms. The lowest BCUT2D eigenvalue weighted by atomic mass is 10.0. The third kappa shape index (κ3) is 13.0. The van der Waals surface area contributed by atoms with E-state index in [1.54, 1.807) is 0 Å². The van der Waals surface area contributed by atoms with Crippen molar-refractivity contribution in [1.29, 1.82) is 0 Å². The van der Waals surface area contributed by atoms with E-state index in [1.165, 1.54) is 102 Å². The van der Waals surface area contributed by atoms with Gasteiger partial charge in [-0.15, -0.1) is 0 Å². The molecule has 0 aliphatic rings. The van der Waals surface area contributed by atoms with Gasteiger partial charge in [-0.1, -0.05) is 103 Å². The zero-order valence-electron chi connectivity index (χ0n) is 18.1. The summed E-state index contributed by atoms with van der Waals surface area (Å²) in [6, 6.07) is 1.28. The van der Waals surface area contributed by atoms with E-state index < -0.39 is 0 Å². The quantitative estimate of drug-likeness (QED) is 0.263. The molecule has 1 aromatic heterocycles. The van der Waals surface area contributed by atoms with Gasteiger partial charge in [0.2, 0.25) is 11.2 Å². The van der Waals surface area contributed by atoms with Crippen molar-refractivity contribution in [3.8, 4) is 5.75 Å². The Morgan fingerprint density at radius 3 is 1.68 bits per heavy atom. The average molecular weight is 395 g/mol. The van der Waals surface area contributed by atoms with E-state index in [2.05, 4.69) is 6.92 Å². The number of ether oxygens (including phenoxy) is 1. The molecular formula is C24H42O4. The largest absolute Gasteiger partial charge is 0.487 e. The molecule has 1 N–H and O–H groups in total. The van der Waals surface area contributed by atoms with E-state index in [-0.39, 0.29) is 23.5 Å². The monoisotopic (exact) mass is 394 g/mol. The molecule has 28 heavy (non-hydrogen) atoms. The lowest BCUT2D eigenvalue weighted by Crippen LogP contribution is -2.09. The molecule has 0 aliphatic heterocycles. The molecule has 0 spiro atoms. The Kier molecular flexibility index (Phi) is 15.7. The fourth-order valence-electron chi connectivity index (χ4n) is 3.46. The van der Waals surface area contributed by atoms with E-state index >= 15 is 0 Å². The Morgan fingerprint density at radius 2 is 1.25 bits per heavy atom. The van der Waals surface area contributed by atoms with Gasteiger partial charge in [-0.2, -0.15) is 0 Å². The SMILES string of the molecule is CCCCCCCCCCCCCCCCCCOc1coc(CO)cc1=O. The first kappa shape index (κ1) is 24.7. The Hall–Kier alpha value is -1.29. The van der Waals surface area contributed by atoms with Crippen molar-refractivity contribution in [2.24, 2.45) is 0 Å². The Balaban J connectivity index is 1.81. The van der Waals surface area contributed by atoms with Crippen molar-refractivity contribution < 1.29 is 14.3 Å². The molecular weight excluding hydrogens is 352 g/mol. The molecule has 4 heteroatoms. The number of rotatable bonds is 19. The third-order valence-electron chi connectivity index (χ3n) is 5.26. The molecule has 0 fully saturated rings. The van der Waals surface area contributed by atoms with Crippen LogP contribution in [0, 0.1) is 0 Å². The van der Waals surface area contributed by atoms with Crippen molar-refractivity contribution in [3.05, 3.63) is 28.3 Å². The van der Waals surface area contributed by atoms with E-state index in [1.807, 2.05) is 0 Å². The highest BCUT2D eigenvalue weighted by molar-refractivity contribution is 5.17. The summed E-state index contributed by atoms with van der Waals surface area (Å²) in [5.74, 6) is 0.498. The number of aliphatic hydroxyl groups excluding tert-OH is 1. The minimum absolute atomic E-state index is 0.230. The second-order valence-electron chi connectivity index (χ2n) is 7.88. The molecule has 0 saturated heterocycles. The van der Waals surface area contributed by atoms with Crippen LogP contribution in [0.5, 0.6) is 5.75 Å². The van der Waals surface area contributed by atoms with Crippen LogP contribution in [0.3, 0.4) is 0 Å². The maximum Gasteiger partial charge on any atom is 0.227 e. The highest BCUT2D eigenvalue weighted by Crippen LogP contribution is 2.14. The molecule has 0 amide bonds. The van der Waals surface area contributed by atoms with Crippen molar-refractivity contribution in [1.82, 2.24) is 0 Å². The summed E-state index contributed by atoms with van der Waals surface area (Å²) >= 11 is 0. The molecule has 4 nitrogen and oxygen atoms in total. The first-order valence-corrected chi connectivity index (χ1v) is 11.6. The summed E-state index contributed by atoms with van der Waals surface area (Å²) in [5.41, 5.74) is -0.230. The predicted octanol–water partition coefficient (Wildman–Crippen LogP) is 6.77. The molecule has 162 valence electrons. The molecule has 0 saturated carbocycles. The first-order chi connectivity index (χ1) is 13.8. The van der Waals surface area contributed by atoms with Crippen LogP contribution < -0.4 is 10.2 Å². The zero-order valence-corrected chi connectivity index (χ0v) is 18.1. The topological polar surface area (TPSA) is 59.7 Å².